The number of fused-ring (bicyclic) bond motifs is 3. The second kappa shape index (κ2) is 7.05. The molecular weight excluding hydrogens is 376 g/mol. The van der Waals surface area contributed by atoms with E-state index in [1.54, 1.807) is 26.0 Å². The summed E-state index contributed by atoms with van der Waals surface area (Å²) in [7, 11) is -3.95. The average Bonchev–Trinajstić information content (AvgIpc) is 3.05. The summed E-state index contributed by atoms with van der Waals surface area (Å²) in [6.45, 7) is 3.58. The van der Waals surface area contributed by atoms with E-state index < -0.39 is 16.0 Å². The molecule has 0 radical (unpaired) electrons. The molecule has 0 amide bonds. The van der Waals surface area contributed by atoms with Gasteiger partial charge in [-0.3, -0.25) is 4.99 Å². The highest BCUT2D eigenvalue weighted by molar-refractivity contribution is 7.89. The highest BCUT2D eigenvalue weighted by Gasteiger charge is 2.45. The number of carbonyl (C=O) groups excluding carboxylic acids is 1. The lowest BCUT2D eigenvalue weighted by Gasteiger charge is -2.33. The van der Waals surface area contributed by atoms with Gasteiger partial charge in [0.15, 0.2) is 0 Å². The molecule has 4 rings (SSSR count). The molecule has 0 unspecified atom stereocenters. The summed E-state index contributed by atoms with van der Waals surface area (Å²) in [4.78, 5) is 17.0. The van der Waals surface area contributed by atoms with Crippen molar-refractivity contribution in [3.8, 4) is 0 Å². The minimum absolute atomic E-state index is 0.0393. The molecule has 28 heavy (non-hydrogen) atoms. The highest BCUT2D eigenvalue weighted by atomic mass is 32.2. The summed E-state index contributed by atoms with van der Waals surface area (Å²) < 4.78 is 33.6. The van der Waals surface area contributed by atoms with E-state index in [1.807, 2.05) is 18.2 Å². The Bertz CT molecular complexity index is 1060. The molecule has 0 fully saturated rings. The number of rotatable bonds is 4. The molecule has 0 saturated heterocycles. The lowest BCUT2D eigenvalue weighted by atomic mass is 9.85. The Morgan fingerprint density at radius 1 is 1.18 bits per heavy atom. The number of ether oxygens (including phenoxy) is 1. The van der Waals surface area contributed by atoms with Gasteiger partial charge in [0.25, 0.3) is 10.0 Å². The number of esters is 1. The molecule has 2 aliphatic rings. The van der Waals surface area contributed by atoms with Gasteiger partial charge in [0.05, 0.1) is 24.3 Å². The van der Waals surface area contributed by atoms with Crippen molar-refractivity contribution in [3.05, 3.63) is 65.2 Å². The Labute approximate surface area is 164 Å². The molecule has 0 aromatic heterocycles. The Morgan fingerprint density at radius 3 is 2.68 bits per heavy atom. The third-order valence-electron chi connectivity index (χ3n) is 5.31. The number of carbonyl (C=O) groups is 1. The van der Waals surface area contributed by atoms with Gasteiger partial charge >= 0.3 is 5.97 Å². The number of amidine groups is 1. The van der Waals surface area contributed by atoms with Crippen LogP contribution in [-0.2, 0) is 21.2 Å². The van der Waals surface area contributed by atoms with Crippen LogP contribution < -0.4 is 0 Å². The van der Waals surface area contributed by atoms with E-state index in [4.69, 9.17) is 4.74 Å². The molecule has 0 bridgehead atoms. The van der Waals surface area contributed by atoms with E-state index >= 15 is 0 Å². The van der Waals surface area contributed by atoms with Crippen LogP contribution in [0.4, 0.5) is 0 Å². The molecule has 0 spiro atoms. The number of hydrogen-bond donors (Lipinski definition) is 0. The minimum Gasteiger partial charge on any atom is -0.462 e. The van der Waals surface area contributed by atoms with Gasteiger partial charge in [-0.05, 0) is 49.9 Å². The van der Waals surface area contributed by atoms with Crippen molar-refractivity contribution >= 4 is 21.8 Å². The van der Waals surface area contributed by atoms with Crippen molar-refractivity contribution in [1.82, 2.24) is 4.31 Å². The number of nitrogens with zero attached hydrogens (tertiary/aromatic N) is 2. The van der Waals surface area contributed by atoms with Gasteiger partial charge in [0.2, 0.25) is 0 Å². The molecule has 2 aromatic rings. The Kier molecular flexibility index (Phi) is 4.71. The first-order chi connectivity index (χ1) is 13.4. The molecule has 1 aliphatic heterocycles. The molecule has 1 aliphatic carbocycles. The summed E-state index contributed by atoms with van der Waals surface area (Å²) in [5, 5.41) is 0. The fourth-order valence-corrected chi connectivity index (χ4v) is 6.01. The van der Waals surface area contributed by atoms with E-state index in [0.717, 1.165) is 12.0 Å². The maximum absolute atomic E-state index is 13.6. The molecule has 0 N–H and O–H groups in total. The first-order valence-corrected chi connectivity index (χ1v) is 10.8. The quantitative estimate of drug-likeness (QED) is 0.740. The predicted molar refractivity (Wildman–Crippen MR) is 106 cm³/mol. The fourth-order valence-electron chi connectivity index (χ4n) is 4.15. The van der Waals surface area contributed by atoms with E-state index in [2.05, 4.69) is 11.1 Å². The van der Waals surface area contributed by atoms with E-state index in [-0.39, 0.29) is 29.1 Å². The number of aliphatic imine (C=N–C) groups is 1. The van der Waals surface area contributed by atoms with Crippen LogP contribution in [0.3, 0.4) is 0 Å². The van der Waals surface area contributed by atoms with Crippen LogP contribution in [-0.4, -0.2) is 37.2 Å². The smallest absolute Gasteiger partial charge is 0.339 e. The molecule has 1 heterocycles. The number of sulfonamides is 1. The molecule has 6 nitrogen and oxygen atoms in total. The van der Waals surface area contributed by atoms with Crippen LogP contribution >= 0.6 is 0 Å². The second-order valence-corrected chi connectivity index (χ2v) is 8.73. The largest absolute Gasteiger partial charge is 0.462 e. The van der Waals surface area contributed by atoms with Gasteiger partial charge in [0.1, 0.15) is 10.7 Å². The van der Waals surface area contributed by atoms with Crippen molar-refractivity contribution in [2.75, 3.05) is 6.61 Å². The van der Waals surface area contributed by atoms with Crippen molar-refractivity contribution in [2.24, 2.45) is 4.99 Å². The Hall–Kier alpha value is -2.67. The average molecular weight is 398 g/mol. The molecule has 2 aromatic carbocycles. The van der Waals surface area contributed by atoms with Crippen LogP contribution in [0.2, 0.25) is 0 Å². The van der Waals surface area contributed by atoms with Crippen LogP contribution in [0.15, 0.2) is 58.4 Å². The molecule has 0 saturated carbocycles. The lowest BCUT2D eigenvalue weighted by molar-refractivity contribution is 0.0521. The lowest BCUT2D eigenvalue weighted by Crippen LogP contribution is -2.43. The van der Waals surface area contributed by atoms with E-state index in [0.29, 0.717) is 12.3 Å². The Morgan fingerprint density at radius 2 is 1.89 bits per heavy atom. The summed E-state index contributed by atoms with van der Waals surface area (Å²) in [5.41, 5.74) is 2.35. The fraction of sp³-hybridized carbons (Fsp3) is 0.333. The van der Waals surface area contributed by atoms with Gasteiger partial charge in [0, 0.05) is 0 Å². The monoisotopic (exact) mass is 398 g/mol. The van der Waals surface area contributed by atoms with E-state index in [1.165, 1.54) is 22.0 Å². The maximum atomic E-state index is 13.6. The molecule has 146 valence electrons. The van der Waals surface area contributed by atoms with Gasteiger partial charge in [-0.15, -0.1) is 0 Å². The zero-order chi connectivity index (χ0) is 19.9. The third-order valence-corrected chi connectivity index (χ3v) is 7.28. The number of benzene rings is 2. The summed E-state index contributed by atoms with van der Waals surface area (Å²) in [6.07, 6.45) is 1.48. The van der Waals surface area contributed by atoms with Crippen LogP contribution in [0.25, 0.3) is 0 Å². The van der Waals surface area contributed by atoms with Gasteiger partial charge in [-0.1, -0.05) is 36.4 Å². The zero-order valence-corrected chi connectivity index (χ0v) is 16.6. The SMILES string of the molecule is CCOC(=O)c1ccccc1S(=O)(=O)N1C(C)=N[C@@H]2c3ccccc3CC[C@@H]21. The van der Waals surface area contributed by atoms with Crippen molar-refractivity contribution < 1.29 is 17.9 Å². The Balaban J connectivity index is 1.77. The van der Waals surface area contributed by atoms with Crippen molar-refractivity contribution in [2.45, 2.75) is 43.7 Å². The van der Waals surface area contributed by atoms with Crippen molar-refractivity contribution in [1.29, 1.82) is 0 Å². The first-order valence-electron chi connectivity index (χ1n) is 9.38. The summed E-state index contributed by atoms with van der Waals surface area (Å²) >= 11 is 0. The predicted octanol–water partition coefficient (Wildman–Crippen LogP) is 3.34. The number of hydrogen-bond acceptors (Lipinski definition) is 5. The molecule has 7 heteroatoms. The first kappa shape index (κ1) is 18.7. The minimum atomic E-state index is -3.95. The van der Waals surface area contributed by atoms with Crippen LogP contribution in [0.1, 0.15) is 47.8 Å². The second-order valence-electron chi connectivity index (χ2n) is 6.94. The van der Waals surface area contributed by atoms with Crippen LogP contribution in [0.5, 0.6) is 0 Å². The van der Waals surface area contributed by atoms with Gasteiger partial charge < -0.3 is 4.74 Å². The maximum Gasteiger partial charge on any atom is 0.339 e. The van der Waals surface area contributed by atoms with Crippen LogP contribution in [0, 0.1) is 0 Å². The standard InChI is InChI=1S/C21H22N2O4S/c1-3-27-21(24)17-10-6-7-11-19(17)28(25,26)23-14(2)22-20-16-9-5-4-8-15(16)12-13-18(20)23/h4-11,18,20H,3,12-13H2,1-2H3/t18-,20+/m0/s1. The normalized spacial score (nSPS) is 20.9. The zero-order valence-electron chi connectivity index (χ0n) is 15.8. The summed E-state index contributed by atoms with van der Waals surface area (Å²) in [6, 6.07) is 13.7. The van der Waals surface area contributed by atoms with E-state index in [9.17, 15) is 13.2 Å². The van der Waals surface area contributed by atoms with Gasteiger partial charge in [-0.2, -0.15) is 0 Å². The number of aryl methyl sites for hydroxylation is 1. The van der Waals surface area contributed by atoms with Crippen molar-refractivity contribution in [3.63, 3.8) is 0 Å². The summed E-state index contributed by atoms with van der Waals surface area (Å²) in [5.74, 6) is -0.189. The molecule has 2 atom stereocenters. The topological polar surface area (TPSA) is 76.0 Å². The highest BCUT2D eigenvalue weighted by Crippen LogP contribution is 2.42. The molecular formula is C21H22N2O4S. The third kappa shape index (κ3) is 2.90. The van der Waals surface area contributed by atoms with Gasteiger partial charge in [-0.25, -0.2) is 17.5 Å².